The summed E-state index contributed by atoms with van der Waals surface area (Å²) in [6, 6.07) is 4.69. The SMILES string of the molecule is COc1ccc(C)cc1CC(=O)N[C@@H](C(=O)O)C(C)C. The van der Waals surface area contributed by atoms with Crippen LogP contribution in [0.1, 0.15) is 25.0 Å². The number of hydrogen-bond donors (Lipinski definition) is 2. The molecule has 5 heteroatoms. The minimum atomic E-state index is -1.02. The molecule has 0 fully saturated rings. The van der Waals surface area contributed by atoms with Crippen LogP contribution in [0.3, 0.4) is 0 Å². The van der Waals surface area contributed by atoms with Gasteiger partial charge in [-0.2, -0.15) is 0 Å². The number of nitrogens with one attached hydrogen (secondary N) is 1. The summed E-state index contributed by atoms with van der Waals surface area (Å²) in [4.78, 5) is 23.0. The number of aliphatic carboxylic acids is 1. The Morgan fingerprint density at radius 2 is 2.00 bits per heavy atom. The van der Waals surface area contributed by atoms with E-state index in [1.807, 2.05) is 19.1 Å². The van der Waals surface area contributed by atoms with Crippen molar-refractivity contribution in [2.45, 2.75) is 33.2 Å². The van der Waals surface area contributed by atoms with Gasteiger partial charge in [-0.25, -0.2) is 4.79 Å². The third-order valence-corrected chi connectivity index (χ3v) is 3.04. The minimum Gasteiger partial charge on any atom is -0.496 e. The molecular weight excluding hydrogens is 258 g/mol. The first kappa shape index (κ1) is 16.0. The van der Waals surface area contributed by atoms with Gasteiger partial charge in [-0.3, -0.25) is 4.79 Å². The monoisotopic (exact) mass is 279 g/mol. The third-order valence-electron chi connectivity index (χ3n) is 3.04. The lowest BCUT2D eigenvalue weighted by Gasteiger charge is -2.18. The molecule has 0 unspecified atom stereocenters. The van der Waals surface area contributed by atoms with Crippen molar-refractivity contribution in [1.29, 1.82) is 0 Å². The second-order valence-corrected chi connectivity index (χ2v) is 5.12. The fraction of sp³-hybridized carbons (Fsp3) is 0.467. The van der Waals surface area contributed by atoms with E-state index in [-0.39, 0.29) is 18.2 Å². The molecule has 0 aliphatic carbocycles. The standard InChI is InChI=1S/C15H21NO4/c1-9(2)14(15(18)19)16-13(17)8-11-7-10(3)5-6-12(11)20-4/h5-7,9,14H,8H2,1-4H3,(H,16,17)(H,18,19)/t14-/m1/s1. The predicted molar refractivity (Wildman–Crippen MR) is 75.8 cm³/mol. The second kappa shape index (κ2) is 6.93. The number of carbonyl (C=O) groups excluding carboxylic acids is 1. The summed E-state index contributed by atoms with van der Waals surface area (Å²) < 4.78 is 5.20. The van der Waals surface area contributed by atoms with Gasteiger partial charge in [-0.15, -0.1) is 0 Å². The van der Waals surface area contributed by atoms with E-state index in [2.05, 4.69) is 5.32 Å². The van der Waals surface area contributed by atoms with Gasteiger partial charge in [0.25, 0.3) is 0 Å². The van der Waals surface area contributed by atoms with Gasteiger partial charge in [-0.1, -0.05) is 31.5 Å². The molecule has 0 spiro atoms. The Hall–Kier alpha value is -2.04. The van der Waals surface area contributed by atoms with E-state index >= 15 is 0 Å². The van der Waals surface area contributed by atoms with Crippen LogP contribution in [0.4, 0.5) is 0 Å². The molecule has 5 nitrogen and oxygen atoms in total. The number of benzene rings is 1. The number of carbonyl (C=O) groups is 2. The lowest BCUT2D eigenvalue weighted by Crippen LogP contribution is -2.44. The van der Waals surface area contributed by atoms with Crippen LogP contribution in [0, 0.1) is 12.8 Å². The largest absolute Gasteiger partial charge is 0.496 e. The topological polar surface area (TPSA) is 75.6 Å². The van der Waals surface area contributed by atoms with Crippen molar-refractivity contribution in [3.63, 3.8) is 0 Å². The van der Waals surface area contributed by atoms with E-state index < -0.39 is 12.0 Å². The molecule has 1 rings (SSSR count). The molecule has 20 heavy (non-hydrogen) atoms. The summed E-state index contributed by atoms with van der Waals surface area (Å²) in [5.74, 6) is -0.891. The third kappa shape index (κ3) is 4.26. The van der Waals surface area contributed by atoms with E-state index in [9.17, 15) is 9.59 Å². The Morgan fingerprint density at radius 3 is 2.50 bits per heavy atom. The highest BCUT2D eigenvalue weighted by molar-refractivity contribution is 5.85. The van der Waals surface area contributed by atoms with E-state index in [1.165, 1.54) is 0 Å². The summed E-state index contributed by atoms with van der Waals surface area (Å²) in [7, 11) is 1.54. The van der Waals surface area contributed by atoms with Crippen LogP contribution >= 0.6 is 0 Å². The molecule has 110 valence electrons. The van der Waals surface area contributed by atoms with Crippen molar-refractivity contribution >= 4 is 11.9 Å². The molecule has 0 aromatic heterocycles. The number of rotatable bonds is 6. The minimum absolute atomic E-state index is 0.0986. The molecule has 0 aliphatic rings. The maximum atomic E-state index is 12.0. The van der Waals surface area contributed by atoms with Gasteiger partial charge in [0.05, 0.1) is 13.5 Å². The van der Waals surface area contributed by atoms with Crippen molar-refractivity contribution < 1.29 is 19.4 Å². The van der Waals surface area contributed by atoms with Gasteiger partial charge < -0.3 is 15.2 Å². The van der Waals surface area contributed by atoms with Crippen molar-refractivity contribution in [3.8, 4) is 5.75 Å². The average Bonchev–Trinajstić information content (AvgIpc) is 2.35. The van der Waals surface area contributed by atoms with E-state index in [0.29, 0.717) is 5.75 Å². The van der Waals surface area contributed by atoms with Gasteiger partial charge >= 0.3 is 5.97 Å². The molecule has 0 saturated heterocycles. The van der Waals surface area contributed by atoms with Gasteiger partial charge in [0, 0.05) is 5.56 Å². The van der Waals surface area contributed by atoms with E-state index in [1.54, 1.807) is 27.0 Å². The normalized spacial score (nSPS) is 12.1. The van der Waals surface area contributed by atoms with Gasteiger partial charge in [-0.05, 0) is 18.9 Å². The average molecular weight is 279 g/mol. The summed E-state index contributed by atoms with van der Waals surface area (Å²) in [5.41, 5.74) is 1.77. The molecule has 0 saturated carbocycles. The maximum Gasteiger partial charge on any atom is 0.326 e. The van der Waals surface area contributed by atoms with Crippen LogP contribution in [0.25, 0.3) is 0 Å². The number of aryl methyl sites for hydroxylation is 1. The molecule has 0 aliphatic heterocycles. The first-order valence-electron chi connectivity index (χ1n) is 6.50. The number of hydrogen-bond acceptors (Lipinski definition) is 3. The number of ether oxygens (including phenoxy) is 1. The fourth-order valence-electron chi connectivity index (χ4n) is 1.96. The Kier molecular flexibility index (Phi) is 5.55. The zero-order valence-electron chi connectivity index (χ0n) is 12.3. The molecule has 1 atom stereocenters. The predicted octanol–water partition coefficient (Wildman–Crippen LogP) is 1.77. The highest BCUT2D eigenvalue weighted by atomic mass is 16.5. The van der Waals surface area contributed by atoms with Crippen LogP contribution in [-0.4, -0.2) is 30.1 Å². The van der Waals surface area contributed by atoms with E-state index in [4.69, 9.17) is 9.84 Å². The lowest BCUT2D eigenvalue weighted by atomic mass is 10.0. The highest BCUT2D eigenvalue weighted by Gasteiger charge is 2.23. The van der Waals surface area contributed by atoms with Crippen LogP contribution in [0.2, 0.25) is 0 Å². The Morgan fingerprint density at radius 1 is 1.35 bits per heavy atom. The second-order valence-electron chi connectivity index (χ2n) is 5.12. The molecule has 0 bridgehead atoms. The van der Waals surface area contributed by atoms with Crippen LogP contribution in [-0.2, 0) is 16.0 Å². The zero-order chi connectivity index (χ0) is 15.3. The van der Waals surface area contributed by atoms with Crippen LogP contribution < -0.4 is 10.1 Å². The Labute approximate surface area is 118 Å². The van der Waals surface area contributed by atoms with Crippen molar-refractivity contribution in [2.75, 3.05) is 7.11 Å². The van der Waals surface area contributed by atoms with Gasteiger partial charge in [0.1, 0.15) is 11.8 Å². The van der Waals surface area contributed by atoms with Crippen molar-refractivity contribution in [1.82, 2.24) is 5.32 Å². The number of amides is 1. The Balaban J connectivity index is 2.80. The van der Waals surface area contributed by atoms with Crippen LogP contribution in [0.15, 0.2) is 18.2 Å². The van der Waals surface area contributed by atoms with Gasteiger partial charge in [0.2, 0.25) is 5.91 Å². The quantitative estimate of drug-likeness (QED) is 0.832. The number of carboxylic acids is 1. The number of methoxy groups -OCH3 is 1. The summed E-state index contributed by atoms with van der Waals surface area (Å²) in [6.07, 6.45) is 0.0986. The number of carboxylic acid groups (broad SMARTS) is 1. The highest BCUT2D eigenvalue weighted by Crippen LogP contribution is 2.20. The fourth-order valence-corrected chi connectivity index (χ4v) is 1.96. The summed E-state index contributed by atoms with van der Waals surface area (Å²) in [5, 5.41) is 11.6. The van der Waals surface area contributed by atoms with Crippen molar-refractivity contribution in [3.05, 3.63) is 29.3 Å². The zero-order valence-corrected chi connectivity index (χ0v) is 12.3. The maximum absolute atomic E-state index is 12.0. The molecule has 1 aromatic rings. The first-order valence-corrected chi connectivity index (χ1v) is 6.50. The molecular formula is C15H21NO4. The van der Waals surface area contributed by atoms with Gasteiger partial charge in [0.15, 0.2) is 0 Å². The molecule has 1 amide bonds. The molecule has 0 heterocycles. The smallest absolute Gasteiger partial charge is 0.326 e. The molecule has 0 radical (unpaired) electrons. The van der Waals surface area contributed by atoms with E-state index in [0.717, 1.165) is 11.1 Å². The first-order chi connectivity index (χ1) is 9.35. The Bertz CT molecular complexity index is 497. The van der Waals surface area contributed by atoms with Crippen molar-refractivity contribution in [2.24, 2.45) is 5.92 Å². The lowest BCUT2D eigenvalue weighted by molar-refractivity contribution is -0.143. The van der Waals surface area contributed by atoms with Crippen LogP contribution in [0.5, 0.6) is 5.75 Å². The summed E-state index contributed by atoms with van der Waals surface area (Å²) >= 11 is 0. The summed E-state index contributed by atoms with van der Waals surface area (Å²) in [6.45, 7) is 5.44. The molecule has 1 aromatic carbocycles. The molecule has 2 N–H and O–H groups in total.